The molecule has 21 heavy (non-hydrogen) atoms. The third-order valence-electron chi connectivity index (χ3n) is 2.69. The highest BCUT2D eigenvalue weighted by molar-refractivity contribution is 6.34. The molecule has 0 aliphatic rings. The first-order valence-electron chi connectivity index (χ1n) is 5.84. The van der Waals surface area contributed by atoms with Crippen LogP contribution in [0.25, 0.3) is 0 Å². The summed E-state index contributed by atoms with van der Waals surface area (Å²) in [6.07, 6.45) is 0. The molecule has 0 spiro atoms. The van der Waals surface area contributed by atoms with Crippen LogP contribution in [0.4, 0.5) is 0 Å². The van der Waals surface area contributed by atoms with E-state index in [1.807, 2.05) is 0 Å². The highest BCUT2D eigenvalue weighted by atomic mass is 35.5. The SMILES string of the molecule is COc1ccc(/C(N)=N/O)c(Oc2cc(Cl)ccc2Cl)c1. The van der Waals surface area contributed by atoms with Gasteiger partial charge in [-0.05, 0) is 24.3 Å². The molecule has 0 amide bonds. The Labute approximate surface area is 131 Å². The van der Waals surface area contributed by atoms with Gasteiger partial charge in [-0.3, -0.25) is 0 Å². The number of amidine groups is 1. The summed E-state index contributed by atoms with van der Waals surface area (Å²) in [5.74, 6) is 1.14. The van der Waals surface area contributed by atoms with Gasteiger partial charge in [-0.15, -0.1) is 0 Å². The van der Waals surface area contributed by atoms with Gasteiger partial charge in [0, 0.05) is 17.2 Å². The molecule has 0 saturated heterocycles. The maximum atomic E-state index is 8.83. The van der Waals surface area contributed by atoms with Gasteiger partial charge >= 0.3 is 0 Å². The second-order valence-electron chi connectivity index (χ2n) is 4.02. The molecule has 0 unspecified atom stereocenters. The Hall–Kier alpha value is -2.11. The normalized spacial score (nSPS) is 11.3. The number of hydrogen-bond acceptors (Lipinski definition) is 4. The molecule has 7 heteroatoms. The third-order valence-corrected chi connectivity index (χ3v) is 3.23. The molecule has 0 atom stereocenters. The smallest absolute Gasteiger partial charge is 0.173 e. The van der Waals surface area contributed by atoms with Crippen LogP contribution >= 0.6 is 23.2 Å². The fourth-order valence-corrected chi connectivity index (χ4v) is 1.97. The lowest BCUT2D eigenvalue weighted by Gasteiger charge is -2.13. The quantitative estimate of drug-likeness (QED) is 0.386. The molecule has 3 N–H and O–H groups in total. The van der Waals surface area contributed by atoms with Crippen LogP contribution in [0.5, 0.6) is 17.2 Å². The van der Waals surface area contributed by atoms with Gasteiger partial charge in [0.05, 0.1) is 17.7 Å². The van der Waals surface area contributed by atoms with E-state index in [2.05, 4.69) is 5.16 Å². The van der Waals surface area contributed by atoms with Crippen LogP contribution in [0.2, 0.25) is 10.0 Å². The van der Waals surface area contributed by atoms with E-state index >= 15 is 0 Å². The zero-order valence-electron chi connectivity index (χ0n) is 11.0. The van der Waals surface area contributed by atoms with Crippen LogP contribution in [-0.2, 0) is 0 Å². The van der Waals surface area contributed by atoms with Crippen LogP contribution in [0, 0.1) is 0 Å². The first-order chi connectivity index (χ1) is 10.0. The van der Waals surface area contributed by atoms with Crippen LogP contribution in [0.15, 0.2) is 41.6 Å². The molecule has 0 saturated carbocycles. The summed E-state index contributed by atoms with van der Waals surface area (Å²) >= 11 is 12.0. The number of methoxy groups -OCH3 is 1. The summed E-state index contributed by atoms with van der Waals surface area (Å²) in [6.45, 7) is 0. The van der Waals surface area contributed by atoms with Gasteiger partial charge in [0.15, 0.2) is 5.84 Å². The second-order valence-corrected chi connectivity index (χ2v) is 4.87. The maximum absolute atomic E-state index is 8.83. The second kappa shape index (κ2) is 6.56. The molecular formula is C14H12Cl2N2O3. The van der Waals surface area contributed by atoms with E-state index in [1.54, 1.807) is 36.4 Å². The molecule has 0 radical (unpaired) electrons. The van der Waals surface area contributed by atoms with Crippen molar-refractivity contribution in [3.8, 4) is 17.2 Å². The van der Waals surface area contributed by atoms with Crippen LogP contribution < -0.4 is 15.2 Å². The van der Waals surface area contributed by atoms with Gasteiger partial charge in [0.2, 0.25) is 0 Å². The van der Waals surface area contributed by atoms with E-state index < -0.39 is 0 Å². The number of oxime groups is 1. The molecule has 0 aromatic heterocycles. The van der Waals surface area contributed by atoms with Crippen molar-refractivity contribution in [2.75, 3.05) is 7.11 Å². The minimum atomic E-state index is -0.0918. The summed E-state index contributed by atoms with van der Waals surface area (Å²) in [5.41, 5.74) is 6.03. The Kier molecular flexibility index (Phi) is 4.77. The molecule has 110 valence electrons. The lowest BCUT2D eigenvalue weighted by Crippen LogP contribution is -2.14. The van der Waals surface area contributed by atoms with E-state index in [0.29, 0.717) is 32.9 Å². The zero-order chi connectivity index (χ0) is 15.4. The fraction of sp³-hybridized carbons (Fsp3) is 0.0714. The number of benzene rings is 2. The molecule has 2 rings (SSSR count). The van der Waals surface area contributed by atoms with E-state index in [9.17, 15) is 0 Å². The summed E-state index contributed by atoms with van der Waals surface area (Å²) in [6, 6.07) is 9.71. The predicted octanol–water partition coefficient (Wildman–Crippen LogP) is 3.89. The lowest BCUT2D eigenvalue weighted by molar-refractivity contribution is 0.318. The molecular weight excluding hydrogens is 315 g/mol. The standard InChI is InChI=1S/C14H12Cl2N2O3/c1-20-9-3-4-10(14(17)18-19)12(7-9)21-13-6-8(15)2-5-11(13)16/h2-7,19H,1H3,(H2,17,18). The van der Waals surface area contributed by atoms with Crippen molar-refractivity contribution < 1.29 is 14.7 Å². The van der Waals surface area contributed by atoms with Crippen LogP contribution in [0.1, 0.15) is 5.56 Å². The number of halogens is 2. The Balaban J connectivity index is 2.48. The van der Waals surface area contributed by atoms with Crippen molar-refractivity contribution in [1.29, 1.82) is 0 Å². The fourth-order valence-electron chi connectivity index (χ4n) is 1.65. The highest BCUT2D eigenvalue weighted by Gasteiger charge is 2.13. The van der Waals surface area contributed by atoms with Gasteiger partial charge in [-0.2, -0.15) is 0 Å². The average Bonchev–Trinajstić information content (AvgIpc) is 2.50. The van der Waals surface area contributed by atoms with Crippen molar-refractivity contribution in [3.05, 3.63) is 52.0 Å². The van der Waals surface area contributed by atoms with Gasteiger partial charge < -0.3 is 20.4 Å². The Morgan fingerprint density at radius 1 is 1.14 bits per heavy atom. The van der Waals surface area contributed by atoms with Crippen molar-refractivity contribution in [2.24, 2.45) is 10.9 Å². The Bertz CT molecular complexity index is 690. The van der Waals surface area contributed by atoms with Crippen LogP contribution in [-0.4, -0.2) is 18.2 Å². The summed E-state index contributed by atoms with van der Waals surface area (Å²) in [5, 5.41) is 12.7. The Morgan fingerprint density at radius 2 is 1.90 bits per heavy atom. The molecule has 0 fully saturated rings. The molecule has 2 aromatic carbocycles. The summed E-state index contributed by atoms with van der Waals surface area (Å²) in [7, 11) is 1.52. The van der Waals surface area contributed by atoms with Crippen molar-refractivity contribution >= 4 is 29.0 Å². The zero-order valence-corrected chi connectivity index (χ0v) is 12.5. The van der Waals surface area contributed by atoms with E-state index in [4.69, 9.17) is 43.6 Å². The van der Waals surface area contributed by atoms with E-state index in [0.717, 1.165) is 0 Å². The van der Waals surface area contributed by atoms with Gasteiger partial charge in [0.1, 0.15) is 17.2 Å². The number of ether oxygens (including phenoxy) is 2. The highest BCUT2D eigenvalue weighted by Crippen LogP contribution is 2.35. The van der Waals surface area contributed by atoms with Crippen LogP contribution in [0.3, 0.4) is 0 Å². The Morgan fingerprint density at radius 3 is 2.57 bits per heavy atom. The monoisotopic (exact) mass is 326 g/mol. The first-order valence-corrected chi connectivity index (χ1v) is 6.59. The molecule has 0 heterocycles. The number of rotatable bonds is 4. The van der Waals surface area contributed by atoms with Gasteiger partial charge in [0.25, 0.3) is 0 Å². The number of nitrogens with two attached hydrogens (primary N) is 1. The number of hydrogen-bond donors (Lipinski definition) is 2. The van der Waals surface area contributed by atoms with Crippen molar-refractivity contribution in [3.63, 3.8) is 0 Å². The molecule has 0 aliphatic carbocycles. The topological polar surface area (TPSA) is 77.1 Å². The average molecular weight is 327 g/mol. The molecule has 5 nitrogen and oxygen atoms in total. The predicted molar refractivity (Wildman–Crippen MR) is 82.0 cm³/mol. The van der Waals surface area contributed by atoms with Crippen molar-refractivity contribution in [1.82, 2.24) is 0 Å². The first kappa shape index (κ1) is 15.3. The largest absolute Gasteiger partial charge is 0.497 e. The minimum Gasteiger partial charge on any atom is -0.497 e. The molecule has 0 aliphatic heterocycles. The molecule has 2 aromatic rings. The van der Waals surface area contributed by atoms with Gasteiger partial charge in [-0.25, -0.2) is 0 Å². The number of nitrogens with zero attached hydrogens (tertiary/aromatic N) is 1. The third kappa shape index (κ3) is 3.51. The minimum absolute atomic E-state index is 0.0918. The summed E-state index contributed by atoms with van der Waals surface area (Å²) < 4.78 is 10.9. The lowest BCUT2D eigenvalue weighted by atomic mass is 10.1. The maximum Gasteiger partial charge on any atom is 0.173 e. The van der Waals surface area contributed by atoms with Gasteiger partial charge in [-0.1, -0.05) is 28.4 Å². The molecule has 0 bridgehead atoms. The van der Waals surface area contributed by atoms with Crippen molar-refractivity contribution in [2.45, 2.75) is 0 Å². The summed E-state index contributed by atoms with van der Waals surface area (Å²) in [4.78, 5) is 0. The van der Waals surface area contributed by atoms with E-state index in [1.165, 1.54) is 7.11 Å². The van der Waals surface area contributed by atoms with E-state index in [-0.39, 0.29) is 5.84 Å².